The predicted octanol–water partition coefficient (Wildman–Crippen LogP) is 2.96. The van der Waals surface area contributed by atoms with Crippen LogP contribution in [0.1, 0.15) is 34.3 Å². The molecule has 0 radical (unpaired) electrons. The minimum Gasteiger partial charge on any atom is -0.496 e. The summed E-state index contributed by atoms with van der Waals surface area (Å²) >= 11 is 0. The Morgan fingerprint density at radius 3 is 2.43 bits per heavy atom. The van der Waals surface area contributed by atoms with Crippen LogP contribution in [-0.4, -0.2) is 24.0 Å². The van der Waals surface area contributed by atoms with Gasteiger partial charge in [-0.2, -0.15) is 0 Å². The molecule has 1 saturated carbocycles. The molecule has 3 rings (SSSR count). The maximum atomic E-state index is 11.2. The number of amides is 1. The van der Waals surface area contributed by atoms with E-state index in [1.165, 1.54) is 24.0 Å². The van der Waals surface area contributed by atoms with Crippen molar-refractivity contribution in [3.05, 3.63) is 65.2 Å². The van der Waals surface area contributed by atoms with Crippen molar-refractivity contribution in [3.63, 3.8) is 0 Å². The molecule has 0 spiro atoms. The van der Waals surface area contributed by atoms with Crippen LogP contribution >= 0.6 is 0 Å². The highest BCUT2D eigenvalue weighted by molar-refractivity contribution is 5.92. The van der Waals surface area contributed by atoms with Crippen LogP contribution in [0.15, 0.2) is 48.5 Å². The van der Waals surface area contributed by atoms with Crippen LogP contribution < -0.4 is 10.5 Å². The summed E-state index contributed by atoms with van der Waals surface area (Å²) < 4.78 is 5.46. The second-order valence-electron chi connectivity index (χ2n) is 6.01. The molecule has 2 aromatic carbocycles. The fourth-order valence-corrected chi connectivity index (χ4v) is 2.82. The van der Waals surface area contributed by atoms with E-state index in [1.807, 2.05) is 30.3 Å². The molecule has 0 bridgehead atoms. The summed E-state index contributed by atoms with van der Waals surface area (Å²) in [4.78, 5) is 13.6. The van der Waals surface area contributed by atoms with Crippen molar-refractivity contribution in [2.24, 2.45) is 5.73 Å². The van der Waals surface area contributed by atoms with Crippen molar-refractivity contribution in [2.45, 2.75) is 32.0 Å². The average molecular weight is 310 g/mol. The normalized spacial score (nSPS) is 14.0. The summed E-state index contributed by atoms with van der Waals surface area (Å²) in [7, 11) is 1.71. The monoisotopic (exact) mass is 310 g/mol. The molecule has 2 N–H and O–H groups in total. The third-order valence-corrected chi connectivity index (χ3v) is 4.25. The molecule has 1 aliphatic rings. The van der Waals surface area contributed by atoms with E-state index in [-0.39, 0.29) is 5.91 Å². The van der Waals surface area contributed by atoms with Gasteiger partial charge in [-0.25, -0.2) is 0 Å². The highest BCUT2D eigenvalue weighted by Crippen LogP contribution is 2.31. The molecule has 4 heteroatoms. The number of benzene rings is 2. The van der Waals surface area contributed by atoms with E-state index in [4.69, 9.17) is 10.5 Å². The van der Waals surface area contributed by atoms with Crippen molar-refractivity contribution in [1.29, 1.82) is 0 Å². The van der Waals surface area contributed by atoms with Gasteiger partial charge in [0.2, 0.25) is 5.91 Å². The van der Waals surface area contributed by atoms with Crippen LogP contribution in [0.3, 0.4) is 0 Å². The van der Waals surface area contributed by atoms with E-state index >= 15 is 0 Å². The lowest BCUT2D eigenvalue weighted by Crippen LogP contribution is -2.25. The average Bonchev–Trinajstić information content (AvgIpc) is 3.40. The minimum absolute atomic E-state index is 0.385. The van der Waals surface area contributed by atoms with Gasteiger partial charge in [0.25, 0.3) is 0 Å². The Hall–Kier alpha value is -2.33. The fourth-order valence-electron chi connectivity index (χ4n) is 2.82. The molecule has 4 nitrogen and oxygen atoms in total. The molecule has 0 atom stereocenters. The zero-order chi connectivity index (χ0) is 16.2. The number of hydrogen-bond donors (Lipinski definition) is 1. The molecule has 0 aromatic heterocycles. The third-order valence-electron chi connectivity index (χ3n) is 4.25. The topological polar surface area (TPSA) is 55.6 Å². The first kappa shape index (κ1) is 15.6. The summed E-state index contributed by atoms with van der Waals surface area (Å²) in [5.74, 6) is 0.548. The number of para-hydroxylation sites is 1. The maximum absolute atomic E-state index is 11.2. The largest absolute Gasteiger partial charge is 0.496 e. The van der Waals surface area contributed by atoms with Crippen LogP contribution in [0.4, 0.5) is 0 Å². The number of rotatable bonds is 7. The zero-order valence-corrected chi connectivity index (χ0v) is 13.4. The SMILES string of the molecule is COc1ccccc1CN(Cc1ccc(C(N)=O)cc1)C1CC1. The zero-order valence-electron chi connectivity index (χ0n) is 13.4. The fraction of sp³-hybridized carbons (Fsp3) is 0.316. The minimum atomic E-state index is -0.385. The standard InChI is InChI=1S/C19H22N2O2/c1-23-18-5-3-2-4-16(18)13-21(17-10-11-17)12-14-6-8-15(9-7-14)19(20)22/h2-9,17H,10-13H2,1H3,(H2,20,22). The summed E-state index contributed by atoms with van der Waals surface area (Å²) in [5, 5.41) is 0. The van der Waals surface area contributed by atoms with Crippen LogP contribution in [-0.2, 0) is 13.1 Å². The number of primary amides is 1. The van der Waals surface area contributed by atoms with Crippen molar-refractivity contribution in [3.8, 4) is 5.75 Å². The van der Waals surface area contributed by atoms with Gasteiger partial charge in [0.05, 0.1) is 7.11 Å². The van der Waals surface area contributed by atoms with E-state index in [2.05, 4.69) is 11.0 Å². The Bertz CT molecular complexity index is 678. The van der Waals surface area contributed by atoms with Crippen LogP contribution in [0, 0.1) is 0 Å². The molecule has 23 heavy (non-hydrogen) atoms. The number of carbonyl (C=O) groups excluding carboxylic acids is 1. The van der Waals surface area contributed by atoms with Crippen molar-refractivity contribution < 1.29 is 9.53 Å². The maximum Gasteiger partial charge on any atom is 0.248 e. The number of hydrogen-bond acceptors (Lipinski definition) is 3. The molecule has 0 heterocycles. The predicted molar refractivity (Wildman–Crippen MR) is 90.2 cm³/mol. The molecule has 1 aliphatic carbocycles. The second-order valence-corrected chi connectivity index (χ2v) is 6.01. The molecule has 0 aliphatic heterocycles. The van der Waals surface area contributed by atoms with E-state index < -0.39 is 0 Å². The quantitative estimate of drug-likeness (QED) is 0.855. The van der Waals surface area contributed by atoms with Crippen molar-refractivity contribution >= 4 is 5.91 Å². The van der Waals surface area contributed by atoms with E-state index in [1.54, 1.807) is 19.2 Å². The summed E-state index contributed by atoms with van der Waals surface area (Å²) in [6.45, 7) is 1.73. The molecular formula is C19H22N2O2. The summed E-state index contributed by atoms with van der Waals surface area (Å²) in [6.07, 6.45) is 2.49. The lowest BCUT2D eigenvalue weighted by molar-refractivity contribution is 0.100. The molecule has 0 saturated heterocycles. The second kappa shape index (κ2) is 6.84. The number of nitrogens with two attached hydrogens (primary N) is 1. The first-order valence-corrected chi connectivity index (χ1v) is 7.92. The smallest absolute Gasteiger partial charge is 0.248 e. The number of nitrogens with zero attached hydrogens (tertiary/aromatic N) is 1. The Morgan fingerprint density at radius 2 is 1.83 bits per heavy atom. The van der Waals surface area contributed by atoms with E-state index in [0.29, 0.717) is 11.6 Å². The van der Waals surface area contributed by atoms with Gasteiger partial charge in [-0.3, -0.25) is 9.69 Å². The number of ether oxygens (including phenoxy) is 1. The Kier molecular flexibility index (Phi) is 4.63. The molecule has 1 amide bonds. The Labute approximate surface area is 136 Å². The van der Waals surface area contributed by atoms with Crippen molar-refractivity contribution in [2.75, 3.05) is 7.11 Å². The Morgan fingerprint density at radius 1 is 1.13 bits per heavy atom. The lowest BCUT2D eigenvalue weighted by Gasteiger charge is -2.23. The van der Waals surface area contributed by atoms with Gasteiger partial charge in [-0.05, 0) is 36.6 Å². The molecular weight excluding hydrogens is 288 g/mol. The van der Waals surface area contributed by atoms with Gasteiger partial charge in [0.15, 0.2) is 0 Å². The number of carbonyl (C=O) groups is 1. The van der Waals surface area contributed by atoms with Gasteiger partial charge < -0.3 is 10.5 Å². The van der Waals surface area contributed by atoms with Crippen LogP contribution in [0.25, 0.3) is 0 Å². The highest BCUT2D eigenvalue weighted by atomic mass is 16.5. The lowest BCUT2D eigenvalue weighted by atomic mass is 10.1. The number of methoxy groups -OCH3 is 1. The molecule has 0 unspecified atom stereocenters. The van der Waals surface area contributed by atoms with Gasteiger partial charge >= 0.3 is 0 Å². The van der Waals surface area contributed by atoms with E-state index in [0.717, 1.165) is 18.8 Å². The molecule has 120 valence electrons. The van der Waals surface area contributed by atoms with Gasteiger partial charge in [0, 0.05) is 30.3 Å². The summed E-state index contributed by atoms with van der Waals surface area (Å²) in [6, 6.07) is 16.4. The van der Waals surface area contributed by atoms with Crippen LogP contribution in [0.5, 0.6) is 5.75 Å². The molecule has 2 aromatic rings. The van der Waals surface area contributed by atoms with Crippen LogP contribution in [0.2, 0.25) is 0 Å². The summed E-state index contributed by atoms with van der Waals surface area (Å²) in [5.41, 5.74) is 8.24. The first-order valence-electron chi connectivity index (χ1n) is 7.92. The van der Waals surface area contributed by atoms with Gasteiger partial charge in [-0.15, -0.1) is 0 Å². The van der Waals surface area contributed by atoms with Gasteiger partial charge in [0.1, 0.15) is 5.75 Å². The Balaban J connectivity index is 1.73. The molecule has 1 fully saturated rings. The van der Waals surface area contributed by atoms with Gasteiger partial charge in [-0.1, -0.05) is 30.3 Å². The first-order chi connectivity index (χ1) is 11.2. The van der Waals surface area contributed by atoms with Crippen molar-refractivity contribution in [1.82, 2.24) is 4.90 Å². The third kappa shape index (κ3) is 3.90. The highest BCUT2D eigenvalue weighted by Gasteiger charge is 2.29. The van der Waals surface area contributed by atoms with E-state index in [9.17, 15) is 4.79 Å².